The second-order valence-electron chi connectivity index (χ2n) is 1.21. The van der Waals surface area contributed by atoms with Gasteiger partial charge in [0.05, 0.1) is 0 Å². The highest BCUT2D eigenvalue weighted by atomic mass is 15.7. The van der Waals surface area contributed by atoms with Crippen LogP contribution in [0.15, 0.2) is 5.10 Å². The molecule has 48 valence electrons. The van der Waals surface area contributed by atoms with Crippen LogP contribution in [-0.2, 0) is 0 Å². The Kier molecular flexibility index (Phi) is 5.90. The largest absolute Gasteiger partial charge is 0.242 e. The van der Waals surface area contributed by atoms with E-state index in [1.54, 1.807) is 13.3 Å². The van der Waals surface area contributed by atoms with E-state index >= 15 is 0 Å². The van der Waals surface area contributed by atoms with Crippen LogP contribution in [0.25, 0.3) is 0 Å². The van der Waals surface area contributed by atoms with E-state index in [4.69, 9.17) is 0 Å². The summed E-state index contributed by atoms with van der Waals surface area (Å²) >= 11 is 0. The molecule has 0 rings (SSSR count). The van der Waals surface area contributed by atoms with Gasteiger partial charge in [-0.2, -0.15) is 10.6 Å². The zero-order valence-electron chi connectivity index (χ0n) is 5.23. The molecule has 0 unspecified atom stereocenters. The molecule has 0 aromatic carbocycles. The molecule has 0 aromatic heterocycles. The third kappa shape index (κ3) is 5.39. The highest BCUT2D eigenvalue weighted by molar-refractivity contribution is 5.55. The van der Waals surface area contributed by atoms with Gasteiger partial charge >= 0.3 is 0 Å². The highest BCUT2D eigenvalue weighted by Crippen LogP contribution is 1.61. The first-order valence-corrected chi connectivity index (χ1v) is 2.60. The summed E-state index contributed by atoms with van der Waals surface area (Å²) in [5.41, 5.74) is 7.78. The number of hydrazone groups is 1. The first kappa shape index (κ1) is 7.39. The van der Waals surface area contributed by atoms with Gasteiger partial charge in [-0.05, 0) is 6.42 Å². The average Bonchev–Trinajstić information content (AvgIpc) is 1.81. The van der Waals surface area contributed by atoms with E-state index in [2.05, 4.69) is 21.6 Å². The Morgan fingerprint density at radius 1 is 1.62 bits per heavy atom. The minimum atomic E-state index is 0.943. The van der Waals surface area contributed by atoms with E-state index in [0.29, 0.717) is 0 Å². The molecule has 0 bridgehead atoms. The summed E-state index contributed by atoms with van der Waals surface area (Å²) in [6.45, 7) is 2.02. The van der Waals surface area contributed by atoms with Crippen LogP contribution < -0.4 is 16.5 Å². The Bertz CT molecular complexity index is 61.1. The predicted molar refractivity (Wildman–Crippen MR) is 34.1 cm³/mol. The van der Waals surface area contributed by atoms with Crippen LogP contribution >= 0.6 is 0 Å². The van der Waals surface area contributed by atoms with E-state index in [-0.39, 0.29) is 0 Å². The van der Waals surface area contributed by atoms with Crippen molar-refractivity contribution in [2.24, 2.45) is 5.10 Å². The molecule has 0 aromatic rings. The smallest absolute Gasteiger partial charge is 0.0256 e. The van der Waals surface area contributed by atoms with Crippen LogP contribution in [0.4, 0.5) is 0 Å². The van der Waals surface area contributed by atoms with Crippen molar-refractivity contribution < 1.29 is 0 Å². The molecule has 0 radical (unpaired) electrons. The van der Waals surface area contributed by atoms with Crippen LogP contribution in [0, 0.1) is 0 Å². The quantitative estimate of drug-likeness (QED) is 0.266. The van der Waals surface area contributed by atoms with Crippen molar-refractivity contribution >= 4 is 6.21 Å². The van der Waals surface area contributed by atoms with E-state index in [1.165, 1.54) is 0 Å². The molecule has 4 nitrogen and oxygen atoms in total. The van der Waals surface area contributed by atoms with Crippen molar-refractivity contribution in [2.45, 2.75) is 13.3 Å². The molecule has 0 atom stereocenters. The summed E-state index contributed by atoms with van der Waals surface area (Å²) in [5.74, 6) is 0. The number of hydrazine groups is 2. The van der Waals surface area contributed by atoms with Crippen molar-refractivity contribution in [1.29, 1.82) is 0 Å². The molecule has 0 amide bonds. The van der Waals surface area contributed by atoms with Gasteiger partial charge < -0.3 is 0 Å². The van der Waals surface area contributed by atoms with E-state index in [1.807, 2.05) is 6.92 Å². The molecule has 0 fully saturated rings. The number of hydrogen-bond acceptors (Lipinski definition) is 4. The number of hydrogen-bond donors (Lipinski definition) is 3. The van der Waals surface area contributed by atoms with Crippen molar-refractivity contribution in [3.05, 3.63) is 0 Å². The minimum Gasteiger partial charge on any atom is -0.242 e. The van der Waals surface area contributed by atoms with Crippen LogP contribution in [-0.4, -0.2) is 13.3 Å². The molecule has 0 saturated carbocycles. The lowest BCUT2D eigenvalue weighted by Crippen LogP contribution is -2.37. The molecule has 8 heavy (non-hydrogen) atoms. The van der Waals surface area contributed by atoms with Crippen molar-refractivity contribution in [2.75, 3.05) is 7.05 Å². The van der Waals surface area contributed by atoms with Gasteiger partial charge in [0.1, 0.15) is 0 Å². The normalized spacial score (nSPS) is 10.2. The molecule has 3 N–H and O–H groups in total. The number of nitrogens with zero attached hydrogens (tertiary/aromatic N) is 1. The van der Waals surface area contributed by atoms with E-state index in [9.17, 15) is 0 Å². The maximum Gasteiger partial charge on any atom is 0.0256 e. The van der Waals surface area contributed by atoms with Crippen LogP contribution in [0.2, 0.25) is 0 Å². The lowest BCUT2D eigenvalue weighted by molar-refractivity contribution is 0.488. The van der Waals surface area contributed by atoms with Crippen LogP contribution in [0.5, 0.6) is 0 Å². The molecular weight excluding hydrogens is 104 g/mol. The fourth-order valence-corrected chi connectivity index (χ4v) is 0.225. The van der Waals surface area contributed by atoms with Gasteiger partial charge in [-0.3, -0.25) is 0 Å². The molecule has 0 aliphatic heterocycles. The summed E-state index contributed by atoms with van der Waals surface area (Å²) in [4.78, 5) is 0. The molecule has 0 aliphatic rings. The second kappa shape index (κ2) is 6.39. The zero-order chi connectivity index (χ0) is 6.24. The predicted octanol–water partition coefficient (Wildman–Crippen LogP) is -0.389. The van der Waals surface area contributed by atoms with Crippen molar-refractivity contribution in [3.63, 3.8) is 0 Å². The Morgan fingerprint density at radius 2 is 2.38 bits per heavy atom. The monoisotopic (exact) mass is 116 g/mol. The number of rotatable bonds is 4. The lowest BCUT2D eigenvalue weighted by Gasteiger charge is -1.96. The molecule has 0 spiro atoms. The van der Waals surface area contributed by atoms with Gasteiger partial charge in [0.15, 0.2) is 0 Å². The van der Waals surface area contributed by atoms with E-state index in [0.717, 1.165) is 6.42 Å². The fourth-order valence-electron chi connectivity index (χ4n) is 0.225. The summed E-state index contributed by atoms with van der Waals surface area (Å²) in [7, 11) is 1.76. The summed E-state index contributed by atoms with van der Waals surface area (Å²) < 4.78 is 0. The lowest BCUT2D eigenvalue weighted by atomic mass is 10.6. The maximum absolute atomic E-state index is 3.73. The summed E-state index contributed by atoms with van der Waals surface area (Å²) in [6.07, 6.45) is 2.71. The maximum atomic E-state index is 3.73. The van der Waals surface area contributed by atoms with Gasteiger partial charge in [-0.1, -0.05) is 6.92 Å². The van der Waals surface area contributed by atoms with Gasteiger partial charge in [-0.25, -0.2) is 11.0 Å². The molecule has 0 heterocycles. The third-order valence-corrected chi connectivity index (χ3v) is 0.519. The Morgan fingerprint density at radius 3 is 2.88 bits per heavy atom. The van der Waals surface area contributed by atoms with Crippen molar-refractivity contribution in [3.8, 4) is 0 Å². The fraction of sp³-hybridized carbons (Fsp3) is 0.750. The zero-order valence-corrected chi connectivity index (χ0v) is 5.23. The molecular formula is C4H12N4. The minimum absolute atomic E-state index is 0.943. The number of nitrogens with one attached hydrogen (secondary N) is 3. The Labute approximate surface area is 49.3 Å². The second-order valence-corrected chi connectivity index (χ2v) is 1.21. The summed E-state index contributed by atoms with van der Waals surface area (Å²) in [6, 6.07) is 0. The van der Waals surface area contributed by atoms with Gasteiger partial charge in [0.25, 0.3) is 0 Å². The first-order chi connectivity index (χ1) is 3.91. The third-order valence-electron chi connectivity index (χ3n) is 0.519. The van der Waals surface area contributed by atoms with Gasteiger partial charge in [0.2, 0.25) is 0 Å². The van der Waals surface area contributed by atoms with Crippen LogP contribution in [0.3, 0.4) is 0 Å². The molecule has 0 aliphatic carbocycles. The average molecular weight is 116 g/mol. The SMILES string of the molecule is CC/C=N/NNNC. The molecule has 4 heteroatoms. The summed E-state index contributed by atoms with van der Waals surface area (Å²) in [5, 5.41) is 3.73. The highest BCUT2D eigenvalue weighted by Gasteiger charge is 1.65. The first-order valence-electron chi connectivity index (χ1n) is 2.60. The van der Waals surface area contributed by atoms with Crippen molar-refractivity contribution in [1.82, 2.24) is 16.5 Å². The van der Waals surface area contributed by atoms with Gasteiger partial charge in [-0.15, -0.1) is 0 Å². The van der Waals surface area contributed by atoms with E-state index < -0.39 is 0 Å². The molecule has 0 saturated heterocycles. The van der Waals surface area contributed by atoms with Crippen LogP contribution in [0.1, 0.15) is 13.3 Å². The Hall–Kier alpha value is -0.610. The van der Waals surface area contributed by atoms with Gasteiger partial charge in [0, 0.05) is 13.3 Å². The topological polar surface area (TPSA) is 48.5 Å². The standard InChI is InChI=1S/C4H12N4/c1-3-4-6-8-7-5-2/h4-5,7-8H,3H2,1-2H3/b6-4+. The Balaban J connectivity index is 2.80.